The Kier molecular flexibility index (Phi) is 4.48. The molecule has 0 saturated carbocycles. The fourth-order valence-electron chi connectivity index (χ4n) is 4.25. The van der Waals surface area contributed by atoms with Gasteiger partial charge in [-0.15, -0.1) is 0 Å². The Morgan fingerprint density at radius 3 is 2.72 bits per heavy atom. The maximum absolute atomic E-state index is 12.2. The van der Waals surface area contributed by atoms with Gasteiger partial charge < -0.3 is 19.3 Å². The third kappa shape index (κ3) is 3.22. The second kappa shape index (κ2) is 6.09. The molecule has 140 valence electrons. The van der Waals surface area contributed by atoms with Gasteiger partial charge in [0.2, 0.25) is 0 Å². The number of rotatable bonds is 2. The van der Waals surface area contributed by atoms with Crippen molar-refractivity contribution in [1.82, 2.24) is 0 Å². The Hall–Kier alpha value is -1.40. The van der Waals surface area contributed by atoms with Crippen LogP contribution in [0.3, 0.4) is 0 Å². The predicted octanol–water partition coefficient (Wildman–Crippen LogP) is 2.34. The summed E-state index contributed by atoms with van der Waals surface area (Å²) in [4.78, 5) is 24.3. The number of hydrogen-bond donors (Lipinski definition) is 1. The Bertz CT molecular complexity index is 599. The summed E-state index contributed by atoms with van der Waals surface area (Å²) in [6, 6.07) is 0. The maximum atomic E-state index is 12.2. The first-order chi connectivity index (χ1) is 11.5. The van der Waals surface area contributed by atoms with Crippen LogP contribution in [0, 0.1) is 17.8 Å². The van der Waals surface area contributed by atoms with Crippen LogP contribution in [-0.4, -0.2) is 40.6 Å². The van der Waals surface area contributed by atoms with Gasteiger partial charge in [-0.2, -0.15) is 0 Å². The molecule has 3 aliphatic rings. The van der Waals surface area contributed by atoms with Gasteiger partial charge in [0.15, 0.2) is 5.79 Å². The lowest BCUT2D eigenvalue weighted by molar-refractivity contribution is -0.250. The molecule has 1 N–H and O–H groups in total. The molecule has 6 nitrogen and oxygen atoms in total. The minimum Gasteiger partial charge on any atom is -0.461 e. The molecule has 0 aliphatic carbocycles. The zero-order valence-corrected chi connectivity index (χ0v) is 15.4. The molecular formula is C19H28O6. The van der Waals surface area contributed by atoms with Gasteiger partial charge in [-0.3, -0.25) is 4.79 Å². The number of aliphatic hydroxyl groups is 1. The number of carbonyl (C=O) groups excluding carboxylic acids is 2. The van der Waals surface area contributed by atoms with Crippen LogP contribution in [0.4, 0.5) is 0 Å². The number of carbonyl (C=O) groups is 2. The third-order valence-corrected chi connectivity index (χ3v) is 5.89. The SMILES string of the molecule is C=C1C(=O)O[C@@H]2C[C@H](C)[C@]3(O)CC[C@](C)(C[C@H](OC(=O)C(C)C)[C@@H]12)O3. The molecule has 3 fully saturated rings. The molecule has 0 spiro atoms. The van der Waals surface area contributed by atoms with E-state index in [2.05, 4.69) is 6.58 Å². The molecule has 3 aliphatic heterocycles. The average Bonchev–Trinajstić information content (AvgIpc) is 2.97. The van der Waals surface area contributed by atoms with Crippen molar-refractivity contribution in [3.8, 4) is 0 Å². The van der Waals surface area contributed by atoms with Crippen LogP contribution < -0.4 is 0 Å². The van der Waals surface area contributed by atoms with Crippen molar-refractivity contribution in [2.45, 2.75) is 77.0 Å². The summed E-state index contributed by atoms with van der Waals surface area (Å²) in [6.07, 6.45) is 1.01. The first-order valence-electron chi connectivity index (χ1n) is 9.07. The normalized spacial score (nSPS) is 43.9. The minimum absolute atomic E-state index is 0.208. The summed E-state index contributed by atoms with van der Waals surface area (Å²) < 4.78 is 17.3. The quantitative estimate of drug-likeness (QED) is 0.607. The third-order valence-electron chi connectivity index (χ3n) is 5.89. The van der Waals surface area contributed by atoms with Crippen molar-refractivity contribution < 1.29 is 28.9 Å². The lowest BCUT2D eigenvalue weighted by Gasteiger charge is -2.33. The van der Waals surface area contributed by atoms with Crippen LogP contribution in [0.5, 0.6) is 0 Å². The molecule has 3 rings (SSSR count). The number of fused-ring (bicyclic) bond motifs is 3. The summed E-state index contributed by atoms with van der Waals surface area (Å²) >= 11 is 0. The van der Waals surface area contributed by atoms with Crippen molar-refractivity contribution in [2.24, 2.45) is 17.8 Å². The summed E-state index contributed by atoms with van der Waals surface area (Å²) in [5.74, 6) is -2.89. The first kappa shape index (κ1) is 18.4. The maximum Gasteiger partial charge on any atom is 0.334 e. The molecule has 0 unspecified atom stereocenters. The van der Waals surface area contributed by atoms with E-state index in [4.69, 9.17) is 14.2 Å². The van der Waals surface area contributed by atoms with E-state index in [1.54, 1.807) is 13.8 Å². The van der Waals surface area contributed by atoms with E-state index in [9.17, 15) is 14.7 Å². The smallest absolute Gasteiger partial charge is 0.334 e. The zero-order valence-electron chi connectivity index (χ0n) is 15.4. The van der Waals surface area contributed by atoms with E-state index in [-0.39, 0.29) is 17.8 Å². The van der Waals surface area contributed by atoms with E-state index < -0.39 is 35.5 Å². The molecule has 0 aromatic carbocycles. The van der Waals surface area contributed by atoms with Gasteiger partial charge in [0.1, 0.15) is 12.2 Å². The molecule has 0 radical (unpaired) electrons. The minimum atomic E-state index is -1.24. The highest BCUT2D eigenvalue weighted by Gasteiger charge is 2.56. The summed E-state index contributed by atoms with van der Waals surface area (Å²) in [7, 11) is 0. The van der Waals surface area contributed by atoms with Gasteiger partial charge in [-0.25, -0.2) is 4.79 Å². The average molecular weight is 352 g/mol. The molecule has 0 aromatic rings. The molecule has 2 bridgehead atoms. The van der Waals surface area contributed by atoms with Crippen LogP contribution in [0.1, 0.15) is 53.4 Å². The summed E-state index contributed by atoms with van der Waals surface area (Å²) in [5.41, 5.74) is -0.279. The van der Waals surface area contributed by atoms with Gasteiger partial charge in [0.25, 0.3) is 0 Å². The standard InChI is InChI=1S/C19H28O6/c1-10(2)16(20)24-14-9-18(5)6-7-19(22,25-18)11(3)8-13-15(14)12(4)17(21)23-13/h10-11,13-15,22H,4,6-9H2,1-3,5H3/t11-,13+,14-,15-,18+,19-/m0/s1. The second-order valence-electron chi connectivity index (χ2n) is 8.36. The van der Waals surface area contributed by atoms with Crippen LogP contribution in [0.25, 0.3) is 0 Å². The highest BCUT2D eigenvalue weighted by molar-refractivity contribution is 5.91. The fraction of sp³-hybridized carbons (Fsp3) is 0.789. The molecule has 25 heavy (non-hydrogen) atoms. The van der Waals surface area contributed by atoms with Gasteiger partial charge in [0.05, 0.1) is 17.4 Å². The molecule has 3 saturated heterocycles. The summed E-state index contributed by atoms with van der Waals surface area (Å²) in [5, 5.41) is 10.9. The van der Waals surface area contributed by atoms with Crippen molar-refractivity contribution >= 4 is 11.9 Å². The van der Waals surface area contributed by atoms with Crippen molar-refractivity contribution in [3.05, 3.63) is 12.2 Å². The van der Waals surface area contributed by atoms with Gasteiger partial charge >= 0.3 is 11.9 Å². The van der Waals surface area contributed by atoms with E-state index in [0.29, 0.717) is 31.3 Å². The number of ether oxygens (including phenoxy) is 3. The highest BCUT2D eigenvalue weighted by atomic mass is 16.6. The predicted molar refractivity (Wildman–Crippen MR) is 89.3 cm³/mol. The fourth-order valence-corrected chi connectivity index (χ4v) is 4.25. The topological polar surface area (TPSA) is 82.1 Å². The van der Waals surface area contributed by atoms with Crippen LogP contribution in [-0.2, 0) is 23.8 Å². The second-order valence-corrected chi connectivity index (χ2v) is 8.36. The van der Waals surface area contributed by atoms with Crippen molar-refractivity contribution in [3.63, 3.8) is 0 Å². The number of esters is 2. The zero-order chi connectivity index (χ0) is 18.6. The van der Waals surface area contributed by atoms with E-state index in [1.807, 2.05) is 13.8 Å². The Morgan fingerprint density at radius 2 is 2.08 bits per heavy atom. The monoisotopic (exact) mass is 352 g/mol. The lowest BCUT2D eigenvalue weighted by Crippen LogP contribution is -2.40. The van der Waals surface area contributed by atoms with E-state index in [0.717, 1.165) is 0 Å². The summed E-state index contributed by atoms with van der Waals surface area (Å²) in [6.45, 7) is 11.3. The van der Waals surface area contributed by atoms with Gasteiger partial charge in [0, 0.05) is 24.3 Å². The van der Waals surface area contributed by atoms with Gasteiger partial charge in [-0.05, 0) is 19.8 Å². The molecule has 6 atom stereocenters. The van der Waals surface area contributed by atoms with E-state index in [1.165, 1.54) is 0 Å². The molecule has 0 amide bonds. The first-order valence-corrected chi connectivity index (χ1v) is 9.07. The van der Waals surface area contributed by atoms with Crippen molar-refractivity contribution in [2.75, 3.05) is 0 Å². The van der Waals surface area contributed by atoms with Crippen LogP contribution >= 0.6 is 0 Å². The van der Waals surface area contributed by atoms with Crippen LogP contribution in [0.15, 0.2) is 12.2 Å². The molecule has 3 heterocycles. The highest BCUT2D eigenvalue weighted by Crippen LogP contribution is 2.49. The largest absolute Gasteiger partial charge is 0.461 e. The van der Waals surface area contributed by atoms with E-state index >= 15 is 0 Å². The van der Waals surface area contributed by atoms with Crippen LogP contribution in [0.2, 0.25) is 0 Å². The molecular weight excluding hydrogens is 324 g/mol. The van der Waals surface area contributed by atoms with Crippen molar-refractivity contribution in [1.29, 1.82) is 0 Å². The molecule has 0 aromatic heterocycles. The Morgan fingerprint density at radius 1 is 1.40 bits per heavy atom. The Balaban J connectivity index is 1.97. The Labute approximate surface area is 148 Å². The number of hydrogen-bond acceptors (Lipinski definition) is 6. The molecule has 6 heteroatoms. The lowest BCUT2D eigenvalue weighted by atomic mass is 9.78. The van der Waals surface area contributed by atoms with Gasteiger partial charge in [-0.1, -0.05) is 27.4 Å².